The summed E-state index contributed by atoms with van der Waals surface area (Å²) in [7, 11) is -0.846. The highest BCUT2D eigenvalue weighted by Crippen LogP contribution is 2.46. The predicted molar refractivity (Wildman–Crippen MR) is 146 cm³/mol. The first kappa shape index (κ1) is 29.4. The van der Waals surface area contributed by atoms with Crippen LogP contribution in [0.5, 0.6) is 11.5 Å². The minimum atomic E-state index is -2.37. The summed E-state index contributed by atoms with van der Waals surface area (Å²) in [5.41, 5.74) is 2.23. The quantitative estimate of drug-likeness (QED) is 0.286. The van der Waals surface area contributed by atoms with Crippen molar-refractivity contribution in [2.24, 2.45) is 0 Å². The number of likely N-dealkylation sites (tertiary alicyclic amines) is 1. The van der Waals surface area contributed by atoms with E-state index in [2.05, 4.69) is 60.0 Å². The molecule has 1 fully saturated rings. The average molecular weight is 519 g/mol. The average Bonchev–Trinajstić information content (AvgIpc) is 3.20. The predicted octanol–water partition coefficient (Wildman–Crippen LogP) is 5.75. The molecule has 200 valence electrons. The molecule has 1 aromatic rings. The molecule has 0 radical (unpaired) electrons. The molecule has 0 spiro atoms. The van der Waals surface area contributed by atoms with Gasteiger partial charge in [0.2, 0.25) is 0 Å². The second kappa shape index (κ2) is 12.4. The van der Waals surface area contributed by atoms with Crippen molar-refractivity contribution in [3.8, 4) is 11.5 Å². The molecule has 9 heteroatoms. The maximum Gasteiger partial charge on any atom is 0.411 e. The fourth-order valence-corrected chi connectivity index (χ4v) is 10.6. The van der Waals surface area contributed by atoms with Gasteiger partial charge < -0.3 is 23.9 Å². The number of aliphatic hydroxyl groups excluding tert-OH is 1. The molecule has 0 unspecified atom stereocenters. The van der Waals surface area contributed by atoms with Crippen molar-refractivity contribution < 1.29 is 28.6 Å². The number of hydrogen-bond donors (Lipinski definition) is 2. The van der Waals surface area contributed by atoms with Crippen molar-refractivity contribution >= 4 is 26.0 Å². The van der Waals surface area contributed by atoms with Crippen LogP contribution < -0.4 is 14.5 Å². The molecule has 1 aromatic carbocycles. The van der Waals surface area contributed by atoms with Crippen molar-refractivity contribution in [2.45, 2.75) is 70.6 Å². The van der Waals surface area contributed by atoms with Crippen molar-refractivity contribution in [2.75, 3.05) is 32.2 Å². The maximum atomic E-state index is 13.6. The summed E-state index contributed by atoms with van der Waals surface area (Å²) >= 11 is 0. The third-order valence-electron chi connectivity index (χ3n) is 6.93. The zero-order chi connectivity index (χ0) is 27.2. The van der Waals surface area contributed by atoms with Crippen molar-refractivity contribution in [1.29, 1.82) is 0 Å². The van der Waals surface area contributed by atoms with Crippen LogP contribution in [0.4, 0.5) is 10.5 Å². The maximum absolute atomic E-state index is 13.6. The fraction of sp³-hybridized carbons (Fsp3) is 0.556. The molecule has 1 atom stereocenters. The van der Waals surface area contributed by atoms with Gasteiger partial charge in [0, 0.05) is 12.6 Å². The van der Waals surface area contributed by atoms with Crippen LogP contribution in [-0.2, 0) is 4.74 Å². The molecule has 0 bridgehead atoms. The van der Waals surface area contributed by atoms with Gasteiger partial charge in [-0.15, -0.1) is 0 Å². The number of amides is 2. The second-order valence-corrected chi connectivity index (χ2v) is 15.6. The topological polar surface area (TPSA) is 97.3 Å². The lowest BCUT2D eigenvalue weighted by Crippen LogP contribution is -2.50. The first-order valence-corrected chi connectivity index (χ1v) is 14.6. The van der Waals surface area contributed by atoms with Crippen molar-refractivity contribution in [3.63, 3.8) is 0 Å². The highest BCUT2D eigenvalue weighted by atomic mass is 28.4. The van der Waals surface area contributed by atoms with Gasteiger partial charge in [-0.05, 0) is 29.1 Å². The van der Waals surface area contributed by atoms with Crippen LogP contribution in [0.25, 0.3) is 0 Å². The molecular weight excluding hydrogens is 476 g/mol. The Bertz CT molecular complexity index is 953. The monoisotopic (exact) mass is 518 g/mol. The van der Waals surface area contributed by atoms with Gasteiger partial charge in [0.25, 0.3) is 14.2 Å². The molecule has 8 nitrogen and oxygen atoms in total. The van der Waals surface area contributed by atoms with Crippen molar-refractivity contribution in [3.05, 3.63) is 42.5 Å². The highest BCUT2D eigenvalue weighted by Gasteiger charge is 2.47. The van der Waals surface area contributed by atoms with Gasteiger partial charge in [-0.1, -0.05) is 66.3 Å². The van der Waals surface area contributed by atoms with Gasteiger partial charge in [0.05, 0.1) is 31.0 Å². The number of nitrogens with one attached hydrogen (secondary N) is 1. The molecule has 2 amide bonds. The molecule has 2 rings (SSSR count). The van der Waals surface area contributed by atoms with E-state index < -0.39 is 14.4 Å². The van der Waals surface area contributed by atoms with Crippen LogP contribution in [0, 0.1) is 0 Å². The van der Waals surface area contributed by atoms with Gasteiger partial charge in [0.1, 0.15) is 12.4 Å². The second-order valence-electron chi connectivity index (χ2n) is 10.2. The molecule has 2 N–H and O–H groups in total. The van der Waals surface area contributed by atoms with Crippen LogP contribution >= 0.6 is 0 Å². The van der Waals surface area contributed by atoms with E-state index in [9.17, 15) is 14.7 Å². The van der Waals surface area contributed by atoms with Crippen LogP contribution in [0.1, 0.15) is 58.3 Å². The Labute approximate surface area is 216 Å². The van der Waals surface area contributed by atoms with Gasteiger partial charge in [0.15, 0.2) is 5.75 Å². The summed E-state index contributed by atoms with van der Waals surface area (Å²) in [6.45, 7) is 20.8. The van der Waals surface area contributed by atoms with Gasteiger partial charge in [-0.3, -0.25) is 10.1 Å². The molecular formula is C27H42N2O6Si. The number of rotatable bonds is 11. The molecule has 0 saturated carbocycles. The van der Waals surface area contributed by atoms with E-state index in [-0.39, 0.29) is 36.4 Å². The third-order valence-corrected chi connectivity index (χ3v) is 12.9. The molecule has 1 saturated heterocycles. The Hall–Kier alpha value is -2.78. The molecule has 1 aliphatic rings. The number of carbonyl (C=O) groups is 2. The number of anilines is 1. The summed E-state index contributed by atoms with van der Waals surface area (Å²) in [6, 6.07) is 2.86. The van der Waals surface area contributed by atoms with Gasteiger partial charge >= 0.3 is 6.09 Å². The fourth-order valence-electron chi connectivity index (χ4n) is 5.34. The minimum absolute atomic E-state index is 0.0250. The standard InChI is InChI=1S/C27H42N2O6Si/c1-10-11-34-27(32)28-23-14-25(35-36(17(2)3,18(4)5)19(6)7)24(33-9)13-22(23)26(31)29-15-20(8)12-21(29)16-30/h10,13-14,17-19,21,30H,1,8,11-12,15-16H2,2-7,9H3,(H,28,32)/t21-/m0/s1. The molecule has 0 aromatic heterocycles. The summed E-state index contributed by atoms with van der Waals surface area (Å²) in [6.07, 6.45) is 1.27. The normalized spacial score (nSPS) is 16.0. The lowest BCUT2D eigenvalue weighted by Gasteiger charge is -2.42. The van der Waals surface area contributed by atoms with Crippen LogP contribution in [0.2, 0.25) is 16.6 Å². The number of ether oxygens (including phenoxy) is 2. The molecule has 1 aliphatic heterocycles. The SMILES string of the molecule is C=CCOC(=O)Nc1cc(O[Si](C(C)C)(C(C)C)C(C)C)c(OC)cc1C(=O)N1CC(=C)C[C@H]1CO. The van der Waals surface area contributed by atoms with Gasteiger partial charge in [-0.25, -0.2) is 4.79 Å². The van der Waals surface area contributed by atoms with E-state index in [4.69, 9.17) is 13.9 Å². The molecule has 0 aliphatic carbocycles. The lowest BCUT2D eigenvalue weighted by molar-refractivity contribution is 0.0680. The number of methoxy groups -OCH3 is 1. The Morgan fingerprint density at radius 1 is 1.17 bits per heavy atom. The van der Waals surface area contributed by atoms with E-state index in [1.54, 1.807) is 17.0 Å². The first-order chi connectivity index (χ1) is 16.9. The third kappa shape index (κ3) is 6.12. The molecule has 1 heterocycles. The van der Waals surface area contributed by atoms with Crippen LogP contribution in [0.15, 0.2) is 36.9 Å². The number of nitrogens with zero attached hydrogens (tertiary/aromatic N) is 1. The summed E-state index contributed by atoms with van der Waals surface area (Å²) in [5, 5.41) is 12.5. The van der Waals surface area contributed by atoms with E-state index in [0.717, 1.165) is 5.57 Å². The Balaban J connectivity index is 2.64. The van der Waals surface area contributed by atoms with E-state index in [1.165, 1.54) is 13.2 Å². The smallest absolute Gasteiger partial charge is 0.411 e. The number of carbonyl (C=O) groups excluding carboxylic acids is 2. The van der Waals surface area contributed by atoms with E-state index >= 15 is 0 Å². The van der Waals surface area contributed by atoms with Crippen LogP contribution in [-0.4, -0.2) is 63.2 Å². The Kier molecular flexibility index (Phi) is 10.2. The number of aliphatic hydroxyl groups is 1. The summed E-state index contributed by atoms with van der Waals surface area (Å²) in [5.74, 6) is 0.526. The Morgan fingerprint density at radius 2 is 1.78 bits per heavy atom. The highest BCUT2D eigenvalue weighted by molar-refractivity contribution is 6.78. The number of hydrogen-bond acceptors (Lipinski definition) is 6. The Morgan fingerprint density at radius 3 is 2.28 bits per heavy atom. The summed E-state index contributed by atoms with van der Waals surface area (Å²) < 4.78 is 17.7. The van der Waals surface area contributed by atoms with E-state index in [1.807, 2.05) is 0 Å². The molecule has 36 heavy (non-hydrogen) atoms. The first-order valence-electron chi connectivity index (χ1n) is 12.5. The zero-order valence-corrected chi connectivity index (χ0v) is 23.7. The van der Waals surface area contributed by atoms with Crippen LogP contribution in [0.3, 0.4) is 0 Å². The zero-order valence-electron chi connectivity index (χ0n) is 22.7. The van der Waals surface area contributed by atoms with E-state index in [0.29, 0.717) is 41.1 Å². The largest absolute Gasteiger partial charge is 0.540 e. The van der Waals surface area contributed by atoms with Crippen molar-refractivity contribution in [1.82, 2.24) is 4.90 Å². The van der Waals surface area contributed by atoms with Gasteiger partial charge in [-0.2, -0.15) is 0 Å². The summed E-state index contributed by atoms with van der Waals surface area (Å²) in [4.78, 5) is 27.7. The minimum Gasteiger partial charge on any atom is -0.540 e. The number of benzene rings is 1. The lowest BCUT2D eigenvalue weighted by atomic mass is 10.1.